The lowest BCUT2D eigenvalue weighted by molar-refractivity contribution is 0.272. The topological polar surface area (TPSA) is 44.5 Å². The summed E-state index contributed by atoms with van der Waals surface area (Å²) in [5.41, 5.74) is 7.00. The molecule has 0 saturated heterocycles. The molecule has 20 heavy (non-hydrogen) atoms. The van der Waals surface area contributed by atoms with Crippen LogP contribution in [0.15, 0.2) is 29.3 Å². The molecule has 0 aliphatic rings. The van der Waals surface area contributed by atoms with Crippen molar-refractivity contribution in [3.05, 3.63) is 34.8 Å². The summed E-state index contributed by atoms with van der Waals surface area (Å²) >= 11 is 3.56. The summed E-state index contributed by atoms with van der Waals surface area (Å²) in [7, 11) is 0. The molecule has 2 N–H and O–H groups in total. The fourth-order valence-electron chi connectivity index (χ4n) is 1.92. The molecule has 1 atom stereocenters. The molecule has 1 aromatic rings. The van der Waals surface area contributed by atoms with Crippen LogP contribution in [-0.2, 0) is 6.42 Å². The van der Waals surface area contributed by atoms with E-state index < -0.39 is 0 Å². The predicted octanol–water partition coefficient (Wildman–Crippen LogP) is 4.08. The second-order valence-corrected chi connectivity index (χ2v) is 5.65. The van der Waals surface area contributed by atoms with Gasteiger partial charge in [-0.1, -0.05) is 6.08 Å². The average Bonchev–Trinajstić information content (AvgIpc) is 2.36. The molecule has 0 aliphatic carbocycles. The number of unbranched alkanes of at least 4 members (excludes halogenated alkanes) is 1. The average molecular weight is 342 g/mol. The highest BCUT2D eigenvalue weighted by molar-refractivity contribution is 9.10. The SMILES string of the molecule is C=CCCCOc1c(Br)cc(CC(C)N)cc1OCC. The zero-order chi connectivity index (χ0) is 15.0. The molecule has 0 aliphatic heterocycles. The number of allylic oxidation sites excluding steroid dienone is 1. The molecule has 0 spiro atoms. The first-order valence-electron chi connectivity index (χ1n) is 7.03. The highest BCUT2D eigenvalue weighted by Crippen LogP contribution is 2.37. The van der Waals surface area contributed by atoms with E-state index in [0.717, 1.165) is 40.8 Å². The van der Waals surface area contributed by atoms with Gasteiger partial charge in [-0.2, -0.15) is 0 Å². The Kier molecular flexibility index (Phi) is 7.70. The van der Waals surface area contributed by atoms with Crippen molar-refractivity contribution in [2.45, 2.75) is 39.2 Å². The standard InChI is InChI=1S/C16H24BrNO2/c1-4-6-7-8-20-16-14(17)10-13(9-12(3)18)11-15(16)19-5-2/h4,10-12H,1,5-9,18H2,2-3H3. The van der Waals surface area contributed by atoms with Crippen LogP contribution < -0.4 is 15.2 Å². The van der Waals surface area contributed by atoms with Crippen molar-refractivity contribution in [2.75, 3.05) is 13.2 Å². The van der Waals surface area contributed by atoms with Crippen LogP contribution in [-0.4, -0.2) is 19.3 Å². The van der Waals surface area contributed by atoms with Crippen molar-refractivity contribution >= 4 is 15.9 Å². The van der Waals surface area contributed by atoms with Gasteiger partial charge in [0.1, 0.15) is 0 Å². The Balaban J connectivity index is 2.87. The largest absolute Gasteiger partial charge is 0.490 e. The minimum Gasteiger partial charge on any atom is -0.490 e. The summed E-state index contributed by atoms with van der Waals surface area (Å²) in [6.07, 6.45) is 4.61. The highest BCUT2D eigenvalue weighted by Gasteiger charge is 2.13. The van der Waals surface area contributed by atoms with Gasteiger partial charge in [0.2, 0.25) is 0 Å². The van der Waals surface area contributed by atoms with E-state index in [0.29, 0.717) is 13.2 Å². The fraction of sp³-hybridized carbons (Fsp3) is 0.500. The van der Waals surface area contributed by atoms with E-state index in [-0.39, 0.29) is 6.04 Å². The van der Waals surface area contributed by atoms with Gasteiger partial charge in [-0.3, -0.25) is 0 Å². The first-order chi connectivity index (χ1) is 9.58. The maximum atomic E-state index is 5.85. The Morgan fingerprint density at radius 3 is 2.75 bits per heavy atom. The summed E-state index contributed by atoms with van der Waals surface area (Å²) in [5, 5.41) is 0. The number of nitrogens with two attached hydrogens (primary N) is 1. The van der Waals surface area contributed by atoms with Gasteiger partial charge in [-0.15, -0.1) is 6.58 Å². The third kappa shape index (κ3) is 5.55. The van der Waals surface area contributed by atoms with Crippen molar-refractivity contribution in [1.82, 2.24) is 0 Å². The van der Waals surface area contributed by atoms with Gasteiger partial charge in [0.15, 0.2) is 11.5 Å². The normalized spacial score (nSPS) is 12.0. The van der Waals surface area contributed by atoms with E-state index in [9.17, 15) is 0 Å². The van der Waals surface area contributed by atoms with Gasteiger partial charge >= 0.3 is 0 Å². The minimum absolute atomic E-state index is 0.121. The molecular weight excluding hydrogens is 318 g/mol. The van der Waals surface area contributed by atoms with Gasteiger partial charge in [-0.25, -0.2) is 0 Å². The zero-order valence-electron chi connectivity index (χ0n) is 12.3. The molecule has 0 saturated carbocycles. The Hall–Kier alpha value is -1.00. The van der Waals surface area contributed by atoms with Crippen LogP contribution in [0.4, 0.5) is 0 Å². The first kappa shape index (κ1) is 17.1. The third-order valence-corrected chi connectivity index (χ3v) is 3.31. The molecule has 3 nitrogen and oxygen atoms in total. The quantitative estimate of drug-likeness (QED) is 0.543. The zero-order valence-corrected chi connectivity index (χ0v) is 13.9. The lowest BCUT2D eigenvalue weighted by Crippen LogP contribution is -2.17. The molecule has 0 fully saturated rings. The number of ether oxygens (including phenoxy) is 2. The number of rotatable bonds is 9. The Labute approximate surface area is 130 Å². The van der Waals surface area contributed by atoms with Crippen molar-refractivity contribution in [3.63, 3.8) is 0 Å². The molecule has 1 unspecified atom stereocenters. The van der Waals surface area contributed by atoms with Crippen LogP contribution in [0, 0.1) is 0 Å². The van der Waals surface area contributed by atoms with Crippen LogP contribution in [0.1, 0.15) is 32.3 Å². The lowest BCUT2D eigenvalue weighted by Gasteiger charge is -2.16. The van der Waals surface area contributed by atoms with Crippen molar-refractivity contribution in [2.24, 2.45) is 5.73 Å². The minimum atomic E-state index is 0.121. The van der Waals surface area contributed by atoms with Crippen molar-refractivity contribution in [3.8, 4) is 11.5 Å². The van der Waals surface area contributed by atoms with Crippen LogP contribution in [0.5, 0.6) is 11.5 Å². The van der Waals surface area contributed by atoms with Gasteiger partial charge in [0, 0.05) is 6.04 Å². The molecule has 1 rings (SSSR count). The van der Waals surface area contributed by atoms with Gasteiger partial charge in [0.25, 0.3) is 0 Å². The second-order valence-electron chi connectivity index (χ2n) is 4.80. The molecule has 4 heteroatoms. The molecule has 0 aromatic heterocycles. The smallest absolute Gasteiger partial charge is 0.175 e. The summed E-state index contributed by atoms with van der Waals surface area (Å²) in [4.78, 5) is 0. The highest BCUT2D eigenvalue weighted by atomic mass is 79.9. The van der Waals surface area contributed by atoms with E-state index in [2.05, 4.69) is 28.6 Å². The molecule has 0 radical (unpaired) electrons. The Morgan fingerprint density at radius 1 is 1.40 bits per heavy atom. The molecule has 0 amide bonds. The number of benzene rings is 1. The van der Waals surface area contributed by atoms with Crippen LogP contribution in [0.2, 0.25) is 0 Å². The monoisotopic (exact) mass is 341 g/mol. The maximum absolute atomic E-state index is 5.85. The Bertz CT molecular complexity index is 433. The van der Waals surface area contributed by atoms with Gasteiger partial charge in [0.05, 0.1) is 17.7 Å². The van der Waals surface area contributed by atoms with Crippen molar-refractivity contribution in [1.29, 1.82) is 0 Å². The molecule has 1 aromatic carbocycles. The molecule has 0 heterocycles. The molecule has 112 valence electrons. The van der Waals surface area contributed by atoms with Crippen LogP contribution in [0.3, 0.4) is 0 Å². The van der Waals surface area contributed by atoms with E-state index in [4.69, 9.17) is 15.2 Å². The second kappa shape index (κ2) is 9.03. The predicted molar refractivity (Wildman–Crippen MR) is 87.6 cm³/mol. The van der Waals surface area contributed by atoms with E-state index in [1.54, 1.807) is 0 Å². The summed E-state index contributed by atoms with van der Waals surface area (Å²) in [6.45, 7) is 8.93. The number of hydrogen-bond donors (Lipinski definition) is 1. The number of halogens is 1. The molecule has 0 bridgehead atoms. The van der Waals surface area contributed by atoms with E-state index in [1.165, 1.54) is 0 Å². The lowest BCUT2D eigenvalue weighted by atomic mass is 10.1. The summed E-state index contributed by atoms with van der Waals surface area (Å²) in [5.74, 6) is 1.54. The third-order valence-electron chi connectivity index (χ3n) is 2.73. The van der Waals surface area contributed by atoms with Crippen LogP contribution >= 0.6 is 15.9 Å². The van der Waals surface area contributed by atoms with E-state index >= 15 is 0 Å². The van der Waals surface area contributed by atoms with E-state index in [1.807, 2.05) is 26.0 Å². The van der Waals surface area contributed by atoms with Gasteiger partial charge < -0.3 is 15.2 Å². The van der Waals surface area contributed by atoms with Gasteiger partial charge in [-0.05, 0) is 66.7 Å². The van der Waals surface area contributed by atoms with Crippen molar-refractivity contribution < 1.29 is 9.47 Å². The first-order valence-corrected chi connectivity index (χ1v) is 7.82. The maximum Gasteiger partial charge on any atom is 0.175 e. The summed E-state index contributed by atoms with van der Waals surface area (Å²) in [6, 6.07) is 4.19. The molecular formula is C16H24BrNO2. The van der Waals surface area contributed by atoms with Crippen LogP contribution in [0.25, 0.3) is 0 Å². The Morgan fingerprint density at radius 2 is 2.15 bits per heavy atom. The number of hydrogen-bond acceptors (Lipinski definition) is 3. The fourth-order valence-corrected chi connectivity index (χ4v) is 2.52. The summed E-state index contributed by atoms with van der Waals surface area (Å²) < 4.78 is 12.4.